The summed E-state index contributed by atoms with van der Waals surface area (Å²) in [6.45, 7) is 4.13. The fourth-order valence-electron chi connectivity index (χ4n) is 2.31. The van der Waals surface area contributed by atoms with Gasteiger partial charge in [0, 0.05) is 16.8 Å². The van der Waals surface area contributed by atoms with E-state index in [2.05, 4.69) is 10.4 Å². The fraction of sp³-hybridized carbons (Fsp3) is 0.438. The fourth-order valence-corrected chi connectivity index (χ4v) is 2.49. The molecule has 1 aromatic heterocycles. The standard InChI is InChI=1S/C16H20ClN3O3/c1-10(2)15(16(22)23-3)19-14(21)6-7-20-13-5-4-12(17)8-11(13)9-18-20/h4-5,8-10,15H,6-7H2,1-3H3,(H,19,21). The molecule has 0 aliphatic rings. The Kier molecular flexibility index (Phi) is 5.60. The molecule has 0 saturated carbocycles. The zero-order chi connectivity index (χ0) is 17.0. The minimum atomic E-state index is -0.638. The van der Waals surface area contributed by atoms with Crippen molar-refractivity contribution in [1.82, 2.24) is 15.1 Å². The summed E-state index contributed by atoms with van der Waals surface area (Å²) >= 11 is 5.94. The van der Waals surface area contributed by atoms with Gasteiger partial charge in [0.1, 0.15) is 6.04 Å². The topological polar surface area (TPSA) is 73.2 Å². The number of aromatic nitrogens is 2. The highest BCUT2D eigenvalue weighted by atomic mass is 35.5. The van der Waals surface area contributed by atoms with Gasteiger partial charge in [-0.2, -0.15) is 5.10 Å². The Morgan fingerprint density at radius 1 is 1.39 bits per heavy atom. The lowest BCUT2D eigenvalue weighted by Gasteiger charge is -2.19. The number of benzene rings is 1. The predicted octanol–water partition coefficient (Wildman–Crippen LogP) is 2.39. The Morgan fingerprint density at radius 3 is 2.78 bits per heavy atom. The second-order valence-electron chi connectivity index (χ2n) is 5.63. The molecule has 6 nitrogen and oxygen atoms in total. The second kappa shape index (κ2) is 7.46. The number of hydrogen-bond donors (Lipinski definition) is 1. The van der Waals surface area contributed by atoms with Crippen molar-refractivity contribution in [2.75, 3.05) is 7.11 Å². The normalized spacial score (nSPS) is 12.4. The van der Waals surface area contributed by atoms with Crippen LogP contribution in [0.25, 0.3) is 10.9 Å². The Balaban J connectivity index is 1.99. The first-order valence-electron chi connectivity index (χ1n) is 7.40. The maximum Gasteiger partial charge on any atom is 0.328 e. The number of carbonyl (C=O) groups is 2. The molecule has 0 bridgehead atoms. The van der Waals surface area contributed by atoms with Crippen molar-refractivity contribution in [3.63, 3.8) is 0 Å². The van der Waals surface area contributed by atoms with E-state index in [1.54, 1.807) is 16.9 Å². The first-order chi connectivity index (χ1) is 10.9. The maximum atomic E-state index is 12.1. The quantitative estimate of drug-likeness (QED) is 0.821. The van der Waals surface area contributed by atoms with E-state index in [0.29, 0.717) is 11.6 Å². The minimum Gasteiger partial charge on any atom is -0.467 e. The van der Waals surface area contributed by atoms with Crippen LogP contribution in [-0.4, -0.2) is 34.8 Å². The van der Waals surface area contributed by atoms with Gasteiger partial charge in [-0.1, -0.05) is 25.4 Å². The number of nitrogens with zero attached hydrogens (tertiary/aromatic N) is 2. The molecule has 7 heteroatoms. The third-order valence-electron chi connectivity index (χ3n) is 3.59. The van der Waals surface area contributed by atoms with E-state index >= 15 is 0 Å². The van der Waals surface area contributed by atoms with Crippen molar-refractivity contribution in [1.29, 1.82) is 0 Å². The van der Waals surface area contributed by atoms with Crippen LogP contribution in [0.5, 0.6) is 0 Å². The lowest BCUT2D eigenvalue weighted by molar-refractivity contribution is -0.146. The molecule has 1 heterocycles. The Morgan fingerprint density at radius 2 is 2.13 bits per heavy atom. The molecular formula is C16H20ClN3O3. The van der Waals surface area contributed by atoms with E-state index in [1.165, 1.54) is 7.11 Å². The van der Waals surface area contributed by atoms with Crippen LogP contribution in [0.3, 0.4) is 0 Å². The van der Waals surface area contributed by atoms with Gasteiger partial charge in [0.2, 0.25) is 5.91 Å². The van der Waals surface area contributed by atoms with Gasteiger partial charge in [0.15, 0.2) is 0 Å². The van der Waals surface area contributed by atoms with Crippen LogP contribution in [0.15, 0.2) is 24.4 Å². The van der Waals surface area contributed by atoms with E-state index in [9.17, 15) is 9.59 Å². The van der Waals surface area contributed by atoms with Crippen LogP contribution in [-0.2, 0) is 20.9 Å². The Hall–Kier alpha value is -2.08. The van der Waals surface area contributed by atoms with Gasteiger partial charge >= 0.3 is 5.97 Å². The molecule has 23 heavy (non-hydrogen) atoms. The van der Waals surface area contributed by atoms with Crippen molar-refractivity contribution >= 4 is 34.4 Å². The molecule has 2 rings (SSSR count). The monoisotopic (exact) mass is 337 g/mol. The first kappa shape index (κ1) is 17.3. The van der Waals surface area contributed by atoms with E-state index in [0.717, 1.165) is 10.9 Å². The summed E-state index contributed by atoms with van der Waals surface area (Å²) in [7, 11) is 1.31. The number of rotatable bonds is 6. The van der Waals surface area contributed by atoms with Gasteiger partial charge < -0.3 is 10.1 Å². The van der Waals surface area contributed by atoms with Crippen LogP contribution >= 0.6 is 11.6 Å². The number of hydrogen-bond acceptors (Lipinski definition) is 4. The minimum absolute atomic E-state index is 0.0425. The van der Waals surface area contributed by atoms with Crippen LogP contribution in [0.4, 0.5) is 0 Å². The van der Waals surface area contributed by atoms with E-state index < -0.39 is 12.0 Å². The Bertz CT molecular complexity index is 712. The van der Waals surface area contributed by atoms with Crippen molar-refractivity contribution in [3.8, 4) is 0 Å². The molecule has 0 aliphatic carbocycles. The van der Waals surface area contributed by atoms with Crippen molar-refractivity contribution in [3.05, 3.63) is 29.4 Å². The number of ether oxygens (including phenoxy) is 1. The van der Waals surface area contributed by atoms with Gasteiger partial charge in [-0.25, -0.2) is 4.79 Å². The molecule has 2 aromatic rings. The number of esters is 1. The molecule has 0 spiro atoms. The predicted molar refractivity (Wildman–Crippen MR) is 88.1 cm³/mol. The third-order valence-corrected chi connectivity index (χ3v) is 3.83. The summed E-state index contributed by atoms with van der Waals surface area (Å²) in [5, 5.41) is 8.54. The smallest absolute Gasteiger partial charge is 0.328 e. The number of nitrogens with one attached hydrogen (secondary N) is 1. The lowest BCUT2D eigenvalue weighted by atomic mass is 10.0. The van der Waals surface area contributed by atoms with Crippen molar-refractivity contribution in [2.24, 2.45) is 5.92 Å². The average Bonchev–Trinajstić information content (AvgIpc) is 2.91. The molecule has 1 unspecified atom stereocenters. The summed E-state index contributed by atoms with van der Waals surface area (Å²) < 4.78 is 6.45. The largest absolute Gasteiger partial charge is 0.467 e. The van der Waals surface area contributed by atoms with Gasteiger partial charge in [0.05, 0.1) is 25.4 Å². The van der Waals surface area contributed by atoms with Crippen molar-refractivity contribution < 1.29 is 14.3 Å². The van der Waals surface area contributed by atoms with Crippen LogP contribution < -0.4 is 5.32 Å². The molecule has 1 atom stereocenters. The summed E-state index contributed by atoms with van der Waals surface area (Å²) in [6.07, 6.45) is 1.93. The molecule has 1 aromatic carbocycles. The van der Waals surface area contributed by atoms with Gasteiger partial charge in [0.25, 0.3) is 0 Å². The van der Waals surface area contributed by atoms with E-state index in [4.69, 9.17) is 16.3 Å². The van der Waals surface area contributed by atoms with Crippen LogP contribution in [0.1, 0.15) is 20.3 Å². The van der Waals surface area contributed by atoms with E-state index in [-0.39, 0.29) is 18.2 Å². The summed E-state index contributed by atoms with van der Waals surface area (Å²) in [5.74, 6) is -0.696. The second-order valence-corrected chi connectivity index (χ2v) is 6.07. The highest BCUT2D eigenvalue weighted by Gasteiger charge is 2.24. The number of aryl methyl sites for hydroxylation is 1. The van der Waals surface area contributed by atoms with E-state index in [1.807, 2.05) is 26.0 Å². The molecule has 1 N–H and O–H groups in total. The molecule has 1 amide bonds. The summed E-state index contributed by atoms with van der Waals surface area (Å²) in [5.41, 5.74) is 0.913. The number of methoxy groups -OCH3 is 1. The van der Waals surface area contributed by atoms with Gasteiger partial charge in [-0.15, -0.1) is 0 Å². The first-order valence-corrected chi connectivity index (χ1v) is 7.78. The highest BCUT2D eigenvalue weighted by Crippen LogP contribution is 2.19. The van der Waals surface area contributed by atoms with Crippen molar-refractivity contribution in [2.45, 2.75) is 32.9 Å². The lowest BCUT2D eigenvalue weighted by Crippen LogP contribution is -2.45. The zero-order valence-electron chi connectivity index (χ0n) is 13.4. The summed E-state index contributed by atoms with van der Waals surface area (Å²) in [6, 6.07) is 4.84. The SMILES string of the molecule is COC(=O)C(NC(=O)CCn1ncc2cc(Cl)ccc21)C(C)C. The molecule has 0 saturated heterocycles. The highest BCUT2D eigenvalue weighted by molar-refractivity contribution is 6.31. The summed E-state index contributed by atoms with van der Waals surface area (Å²) in [4.78, 5) is 23.7. The number of halogens is 1. The zero-order valence-corrected chi connectivity index (χ0v) is 14.1. The van der Waals surface area contributed by atoms with Crippen LogP contribution in [0.2, 0.25) is 5.02 Å². The molecule has 124 valence electrons. The number of fused-ring (bicyclic) bond motifs is 1. The molecule has 0 fully saturated rings. The maximum absolute atomic E-state index is 12.1. The molecule has 0 aliphatic heterocycles. The van der Waals surface area contributed by atoms with Gasteiger partial charge in [-0.05, 0) is 24.1 Å². The number of carbonyl (C=O) groups excluding carboxylic acids is 2. The average molecular weight is 338 g/mol. The third kappa shape index (κ3) is 4.22. The van der Waals surface area contributed by atoms with Crippen LogP contribution in [0, 0.1) is 5.92 Å². The molecule has 0 radical (unpaired) electrons. The Labute approximate surface area is 139 Å². The van der Waals surface area contributed by atoms with Gasteiger partial charge in [-0.3, -0.25) is 9.48 Å². The number of amides is 1. The molecular weight excluding hydrogens is 318 g/mol.